The van der Waals surface area contributed by atoms with Crippen molar-refractivity contribution >= 4 is 0 Å². The third-order valence-corrected chi connectivity index (χ3v) is 1.86. The second kappa shape index (κ2) is 4.47. The summed E-state index contributed by atoms with van der Waals surface area (Å²) < 4.78 is 0. The van der Waals surface area contributed by atoms with Gasteiger partial charge in [-0.05, 0) is 25.7 Å². The SMILES string of the molecule is OO[C@@H]1CC=CCCCC1. The van der Waals surface area contributed by atoms with Gasteiger partial charge >= 0.3 is 0 Å². The summed E-state index contributed by atoms with van der Waals surface area (Å²) in [5, 5.41) is 8.37. The summed E-state index contributed by atoms with van der Waals surface area (Å²) in [5.74, 6) is 0. The summed E-state index contributed by atoms with van der Waals surface area (Å²) in [6.07, 6.45) is 9.68. The van der Waals surface area contributed by atoms with Crippen LogP contribution in [0.3, 0.4) is 0 Å². The van der Waals surface area contributed by atoms with Gasteiger partial charge in [0.05, 0.1) is 6.10 Å². The molecule has 1 rings (SSSR count). The molecule has 0 aliphatic heterocycles. The Morgan fingerprint density at radius 1 is 1.30 bits per heavy atom. The molecule has 1 atom stereocenters. The Hall–Kier alpha value is -0.340. The zero-order valence-electron chi connectivity index (χ0n) is 6.12. The summed E-state index contributed by atoms with van der Waals surface area (Å²) in [6, 6.07) is 0. The summed E-state index contributed by atoms with van der Waals surface area (Å²) in [6.45, 7) is 0. The topological polar surface area (TPSA) is 29.5 Å². The molecule has 0 aromatic carbocycles. The average molecular weight is 142 g/mol. The van der Waals surface area contributed by atoms with Gasteiger partial charge in [-0.2, -0.15) is 0 Å². The third-order valence-electron chi connectivity index (χ3n) is 1.86. The molecule has 0 amide bonds. The van der Waals surface area contributed by atoms with Crippen molar-refractivity contribution in [2.24, 2.45) is 0 Å². The molecule has 1 N–H and O–H groups in total. The van der Waals surface area contributed by atoms with E-state index in [2.05, 4.69) is 17.0 Å². The molecule has 0 heterocycles. The monoisotopic (exact) mass is 142 g/mol. The minimum atomic E-state index is 0.0385. The second-order valence-electron chi connectivity index (χ2n) is 2.72. The first-order valence-electron chi connectivity index (χ1n) is 3.88. The molecule has 0 spiro atoms. The van der Waals surface area contributed by atoms with E-state index in [1.807, 2.05) is 0 Å². The number of hydrogen-bond acceptors (Lipinski definition) is 2. The Kier molecular flexibility index (Phi) is 3.47. The van der Waals surface area contributed by atoms with Gasteiger partial charge in [0, 0.05) is 0 Å². The normalized spacial score (nSPS) is 27.5. The Balaban J connectivity index is 2.30. The Bertz CT molecular complexity index is 110. The van der Waals surface area contributed by atoms with Crippen molar-refractivity contribution in [3.8, 4) is 0 Å². The molecule has 10 heavy (non-hydrogen) atoms. The molecular formula is C8H14O2. The molecule has 0 saturated carbocycles. The minimum absolute atomic E-state index is 0.0385. The summed E-state index contributed by atoms with van der Waals surface area (Å²) >= 11 is 0. The quantitative estimate of drug-likeness (QED) is 0.346. The third kappa shape index (κ3) is 2.50. The molecule has 1 aliphatic carbocycles. The van der Waals surface area contributed by atoms with Crippen LogP contribution < -0.4 is 0 Å². The predicted octanol–water partition coefficient (Wildman–Crippen LogP) is 2.36. The average Bonchev–Trinajstić information content (AvgIpc) is 1.87. The van der Waals surface area contributed by atoms with Crippen molar-refractivity contribution in [2.75, 3.05) is 0 Å². The summed E-state index contributed by atoms with van der Waals surface area (Å²) in [4.78, 5) is 4.28. The van der Waals surface area contributed by atoms with Gasteiger partial charge in [-0.15, -0.1) is 0 Å². The lowest BCUT2D eigenvalue weighted by atomic mass is 10.0. The molecule has 0 aromatic rings. The highest BCUT2D eigenvalue weighted by molar-refractivity contribution is 4.86. The van der Waals surface area contributed by atoms with Crippen LogP contribution in [0.15, 0.2) is 12.2 Å². The molecule has 0 radical (unpaired) electrons. The van der Waals surface area contributed by atoms with Crippen molar-refractivity contribution in [1.82, 2.24) is 0 Å². The van der Waals surface area contributed by atoms with Crippen LogP contribution in [0.25, 0.3) is 0 Å². The fourth-order valence-corrected chi connectivity index (χ4v) is 1.21. The largest absolute Gasteiger partial charge is 0.252 e. The van der Waals surface area contributed by atoms with Crippen LogP contribution >= 0.6 is 0 Å². The van der Waals surface area contributed by atoms with Gasteiger partial charge in [0.25, 0.3) is 0 Å². The lowest BCUT2D eigenvalue weighted by Gasteiger charge is -2.12. The number of hydrogen-bond donors (Lipinski definition) is 1. The van der Waals surface area contributed by atoms with Crippen molar-refractivity contribution < 1.29 is 10.1 Å². The molecule has 0 fully saturated rings. The Labute approximate surface area is 61.4 Å². The molecule has 1 aliphatic rings. The van der Waals surface area contributed by atoms with E-state index in [9.17, 15) is 0 Å². The van der Waals surface area contributed by atoms with Crippen LogP contribution in [-0.2, 0) is 4.89 Å². The van der Waals surface area contributed by atoms with Crippen molar-refractivity contribution in [3.63, 3.8) is 0 Å². The molecule has 2 heteroatoms. The van der Waals surface area contributed by atoms with Crippen LogP contribution in [0.2, 0.25) is 0 Å². The van der Waals surface area contributed by atoms with Gasteiger partial charge in [-0.1, -0.05) is 18.6 Å². The van der Waals surface area contributed by atoms with E-state index in [1.54, 1.807) is 0 Å². The maximum absolute atomic E-state index is 8.37. The number of rotatable bonds is 1. The Morgan fingerprint density at radius 2 is 2.20 bits per heavy atom. The highest BCUT2D eigenvalue weighted by Gasteiger charge is 2.07. The molecule has 58 valence electrons. The van der Waals surface area contributed by atoms with E-state index >= 15 is 0 Å². The zero-order valence-corrected chi connectivity index (χ0v) is 6.12. The molecule has 0 saturated heterocycles. The van der Waals surface area contributed by atoms with Crippen molar-refractivity contribution in [3.05, 3.63) is 12.2 Å². The van der Waals surface area contributed by atoms with Gasteiger partial charge in [0.15, 0.2) is 0 Å². The van der Waals surface area contributed by atoms with Crippen LogP contribution in [0.1, 0.15) is 32.1 Å². The van der Waals surface area contributed by atoms with Crippen LogP contribution in [0, 0.1) is 0 Å². The van der Waals surface area contributed by atoms with Gasteiger partial charge < -0.3 is 0 Å². The highest BCUT2D eigenvalue weighted by atomic mass is 17.1. The standard InChI is InChI=1S/C8H14O2/c9-10-8-6-4-2-1-3-5-7-8/h2,4,8-9H,1,3,5-7H2/t8-/m1/s1. The van der Waals surface area contributed by atoms with E-state index in [4.69, 9.17) is 5.26 Å². The van der Waals surface area contributed by atoms with Crippen LogP contribution in [0.4, 0.5) is 0 Å². The van der Waals surface area contributed by atoms with E-state index in [0.29, 0.717) is 0 Å². The first-order valence-corrected chi connectivity index (χ1v) is 3.88. The van der Waals surface area contributed by atoms with E-state index < -0.39 is 0 Å². The molecule has 0 unspecified atom stereocenters. The summed E-state index contributed by atoms with van der Waals surface area (Å²) in [7, 11) is 0. The zero-order chi connectivity index (χ0) is 7.23. The van der Waals surface area contributed by atoms with Gasteiger partial charge in [0.1, 0.15) is 0 Å². The maximum Gasteiger partial charge on any atom is 0.0961 e. The summed E-state index contributed by atoms with van der Waals surface area (Å²) in [5.41, 5.74) is 0. The van der Waals surface area contributed by atoms with Crippen molar-refractivity contribution in [1.29, 1.82) is 0 Å². The smallest absolute Gasteiger partial charge is 0.0961 e. The molecule has 0 bridgehead atoms. The lowest BCUT2D eigenvalue weighted by molar-refractivity contribution is -0.279. The van der Waals surface area contributed by atoms with Gasteiger partial charge in [0.2, 0.25) is 0 Å². The fourth-order valence-electron chi connectivity index (χ4n) is 1.21. The van der Waals surface area contributed by atoms with E-state index in [0.717, 1.165) is 19.3 Å². The number of allylic oxidation sites excluding steroid dienone is 1. The molecular weight excluding hydrogens is 128 g/mol. The molecule has 2 nitrogen and oxygen atoms in total. The highest BCUT2D eigenvalue weighted by Crippen LogP contribution is 2.13. The maximum atomic E-state index is 8.37. The van der Waals surface area contributed by atoms with Crippen molar-refractivity contribution in [2.45, 2.75) is 38.2 Å². The Morgan fingerprint density at radius 3 is 3.00 bits per heavy atom. The lowest BCUT2D eigenvalue weighted by Crippen LogP contribution is -2.10. The van der Waals surface area contributed by atoms with Gasteiger partial charge in [-0.25, -0.2) is 4.89 Å². The predicted molar refractivity (Wildman–Crippen MR) is 39.7 cm³/mol. The second-order valence-corrected chi connectivity index (χ2v) is 2.72. The fraction of sp³-hybridized carbons (Fsp3) is 0.750. The van der Waals surface area contributed by atoms with Gasteiger partial charge in [-0.3, -0.25) is 5.26 Å². The van der Waals surface area contributed by atoms with E-state index in [-0.39, 0.29) is 6.10 Å². The molecule has 0 aromatic heterocycles. The van der Waals surface area contributed by atoms with Crippen LogP contribution in [-0.4, -0.2) is 11.4 Å². The first kappa shape index (κ1) is 7.76. The first-order chi connectivity index (χ1) is 4.93. The van der Waals surface area contributed by atoms with E-state index in [1.165, 1.54) is 12.8 Å². The minimum Gasteiger partial charge on any atom is -0.252 e. The van der Waals surface area contributed by atoms with Crippen LogP contribution in [0.5, 0.6) is 0 Å².